The second-order valence-corrected chi connectivity index (χ2v) is 9.26. The van der Waals surface area contributed by atoms with E-state index < -0.39 is 35.9 Å². The van der Waals surface area contributed by atoms with Gasteiger partial charge in [0.1, 0.15) is 18.1 Å². The molecular weight excluding hydrogens is 504 g/mol. The second-order valence-electron chi connectivity index (χ2n) is 9.26. The molecule has 0 aliphatic rings. The fourth-order valence-corrected chi connectivity index (χ4v) is 3.86. The van der Waals surface area contributed by atoms with Gasteiger partial charge in [-0.2, -0.15) is 0 Å². The summed E-state index contributed by atoms with van der Waals surface area (Å²) in [6, 6.07) is 6.05. The Morgan fingerprint density at radius 2 is 1.26 bits per heavy atom. The van der Waals surface area contributed by atoms with E-state index in [1.165, 1.54) is 0 Å². The maximum Gasteiger partial charge on any atom is 0.326 e. The molecule has 0 fully saturated rings. The monoisotopic (exact) mass is 548 g/mol. The molecule has 1 rings (SSSR count). The standard InChI is InChI=1S/C26H44N8O5/c27-14-6-4-11-19(32-22(35)17-18-9-2-1-3-10-18)23(36)33-20(12-5-7-15-28)24(37)34-21(25(38)39)13-8-16-31-26(29)30/h1-3,9-10,19-21H,4-8,11-17,27-28H2,(H,32,35)(H,33,36)(H,34,37)(H,38,39)(H4,29,30,31)/t19-,20-,21-/m0/s1. The van der Waals surface area contributed by atoms with Gasteiger partial charge in [0.15, 0.2) is 5.96 Å². The second kappa shape index (κ2) is 19.4. The number of aliphatic imine (C=N–C) groups is 1. The van der Waals surface area contributed by atoms with E-state index in [1.807, 2.05) is 30.3 Å². The molecule has 0 spiro atoms. The van der Waals surface area contributed by atoms with Crippen molar-refractivity contribution < 1.29 is 24.3 Å². The lowest BCUT2D eigenvalue weighted by atomic mass is 10.0. The van der Waals surface area contributed by atoms with Gasteiger partial charge in [0, 0.05) is 6.54 Å². The molecule has 0 saturated heterocycles. The molecule has 3 atom stereocenters. The average molecular weight is 549 g/mol. The normalized spacial score (nSPS) is 13.0. The van der Waals surface area contributed by atoms with Crippen molar-refractivity contribution in [3.05, 3.63) is 35.9 Å². The molecule has 0 heterocycles. The van der Waals surface area contributed by atoms with E-state index >= 15 is 0 Å². The van der Waals surface area contributed by atoms with Crippen LogP contribution in [0.2, 0.25) is 0 Å². The van der Waals surface area contributed by atoms with Crippen LogP contribution in [-0.2, 0) is 25.6 Å². The van der Waals surface area contributed by atoms with Crippen LogP contribution in [0.25, 0.3) is 0 Å². The summed E-state index contributed by atoms with van der Waals surface area (Å²) in [5.74, 6) is -2.81. The molecule has 3 amide bonds. The van der Waals surface area contributed by atoms with Crippen molar-refractivity contribution in [1.29, 1.82) is 0 Å². The number of hydrogen-bond acceptors (Lipinski definition) is 7. The van der Waals surface area contributed by atoms with Gasteiger partial charge in [0.25, 0.3) is 0 Å². The maximum atomic E-state index is 13.3. The summed E-state index contributed by atoms with van der Waals surface area (Å²) >= 11 is 0. The van der Waals surface area contributed by atoms with Gasteiger partial charge in [0.05, 0.1) is 6.42 Å². The molecule has 0 unspecified atom stereocenters. The highest BCUT2D eigenvalue weighted by Crippen LogP contribution is 2.08. The van der Waals surface area contributed by atoms with Crippen LogP contribution < -0.4 is 38.9 Å². The highest BCUT2D eigenvalue weighted by atomic mass is 16.4. The van der Waals surface area contributed by atoms with Crippen LogP contribution >= 0.6 is 0 Å². The van der Waals surface area contributed by atoms with Crippen molar-refractivity contribution >= 4 is 29.7 Å². The highest BCUT2D eigenvalue weighted by Gasteiger charge is 2.29. The molecule has 0 radical (unpaired) electrons. The number of carboxylic acids is 1. The number of benzene rings is 1. The summed E-state index contributed by atoms with van der Waals surface area (Å²) in [6.45, 7) is 1.06. The van der Waals surface area contributed by atoms with Crippen LogP contribution in [0.5, 0.6) is 0 Å². The lowest BCUT2D eigenvalue weighted by Crippen LogP contribution is -2.55. The van der Waals surface area contributed by atoms with Gasteiger partial charge in [-0.25, -0.2) is 4.79 Å². The molecule has 13 heteroatoms. The number of carbonyl (C=O) groups is 4. The largest absolute Gasteiger partial charge is 0.480 e. The van der Waals surface area contributed by atoms with Crippen LogP contribution in [0.15, 0.2) is 35.3 Å². The van der Waals surface area contributed by atoms with E-state index in [9.17, 15) is 24.3 Å². The predicted octanol–water partition coefficient (Wildman–Crippen LogP) is -0.920. The van der Waals surface area contributed by atoms with Crippen molar-refractivity contribution in [3.8, 4) is 0 Å². The molecule has 1 aromatic carbocycles. The molecule has 0 aliphatic carbocycles. The molecule has 39 heavy (non-hydrogen) atoms. The van der Waals surface area contributed by atoms with Crippen molar-refractivity contribution in [2.24, 2.45) is 27.9 Å². The predicted molar refractivity (Wildman–Crippen MR) is 149 cm³/mol. The van der Waals surface area contributed by atoms with Gasteiger partial charge >= 0.3 is 5.97 Å². The number of guanidine groups is 1. The Balaban J connectivity index is 2.93. The Hall–Kier alpha value is -3.71. The minimum Gasteiger partial charge on any atom is -0.480 e. The molecule has 0 aromatic heterocycles. The first kappa shape index (κ1) is 33.3. The van der Waals surface area contributed by atoms with E-state index in [0.29, 0.717) is 51.6 Å². The quantitative estimate of drug-likeness (QED) is 0.0570. The zero-order chi connectivity index (χ0) is 29.0. The van der Waals surface area contributed by atoms with Crippen molar-refractivity contribution in [1.82, 2.24) is 16.0 Å². The van der Waals surface area contributed by atoms with Crippen LogP contribution in [-0.4, -0.2) is 72.5 Å². The van der Waals surface area contributed by atoms with E-state index in [4.69, 9.17) is 22.9 Å². The zero-order valence-electron chi connectivity index (χ0n) is 22.4. The van der Waals surface area contributed by atoms with E-state index in [0.717, 1.165) is 5.56 Å². The first-order chi connectivity index (χ1) is 18.7. The Morgan fingerprint density at radius 1 is 0.744 bits per heavy atom. The smallest absolute Gasteiger partial charge is 0.326 e. The number of nitrogens with zero attached hydrogens (tertiary/aromatic N) is 1. The number of carboxylic acid groups (broad SMARTS) is 1. The van der Waals surface area contributed by atoms with Crippen LogP contribution in [0.1, 0.15) is 56.9 Å². The molecule has 0 saturated carbocycles. The number of nitrogens with one attached hydrogen (secondary N) is 3. The minimum atomic E-state index is -1.21. The first-order valence-corrected chi connectivity index (χ1v) is 13.3. The third kappa shape index (κ3) is 14.7. The van der Waals surface area contributed by atoms with Gasteiger partial charge in [-0.3, -0.25) is 19.4 Å². The first-order valence-electron chi connectivity index (χ1n) is 13.3. The SMILES string of the molecule is NCCCC[C@H](NC(=O)Cc1ccccc1)C(=O)N[C@@H](CCCCN)C(=O)N[C@@H](CCCN=C(N)N)C(=O)O. The summed E-state index contributed by atoms with van der Waals surface area (Å²) in [5.41, 5.74) is 22.5. The van der Waals surface area contributed by atoms with Crippen molar-refractivity contribution in [3.63, 3.8) is 0 Å². The van der Waals surface area contributed by atoms with Crippen LogP contribution in [0.4, 0.5) is 0 Å². The summed E-state index contributed by atoms with van der Waals surface area (Å²) in [6.07, 6.45) is 3.53. The third-order valence-electron chi connectivity index (χ3n) is 5.95. The topological polar surface area (TPSA) is 241 Å². The molecular formula is C26H44N8O5. The van der Waals surface area contributed by atoms with E-state index in [1.54, 1.807) is 0 Å². The van der Waals surface area contributed by atoms with Crippen molar-refractivity contribution in [2.45, 2.75) is 75.9 Å². The fourth-order valence-electron chi connectivity index (χ4n) is 3.86. The highest BCUT2D eigenvalue weighted by molar-refractivity contribution is 5.93. The van der Waals surface area contributed by atoms with Gasteiger partial charge in [-0.15, -0.1) is 0 Å². The summed E-state index contributed by atoms with van der Waals surface area (Å²) < 4.78 is 0. The maximum absolute atomic E-state index is 13.3. The number of nitrogens with two attached hydrogens (primary N) is 4. The summed E-state index contributed by atoms with van der Waals surface area (Å²) in [7, 11) is 0. The minimum absolute atomic E-state index is 0.0958. The van der Waals surface area contributed by atoms with Crippen molar-refractivity contribution in [2.75, 3.05) is 19.6 Å². The average Bonchev–Trinajstić information content (AvgIpc) is 2.89. The lowest BCUT2D eigenvalue weighted by Gasteiger charge is -2.25. The molecule has 12 N–H and O–H groups in total. The molecule has 218 valence electrons. The van der Waals surface area contributed by atoms with Crippen LogP contribution in [0.3, 0.4) is 0 Å². The summed E-state index contributed by atoms with van der Waals surface area (Å²) in [4.78, 5) is 54.6. The number of unbranched alkanes of at least 4 members (excludes halogenated alkanes) is 2. The number of hydrogen-bond donors (Lipinski definition) is 8. The number of rotatable bonds is 20. The molecule has 13 nitrogen and oxygen atoms in total. The van der Waals surface area contributed by atoms with Gasteiger partial charge in [0.2, 0.25) is 17.7 Å². The van der Waals surface area contributed by atoms with E-state index in [2.05, 4.69) is 20.9 Å². The number of carbonyl (C=O) groups excluding carboxylic acids is 3. The zero-order valence-corrected chi connectivity index (χ0v) is 22.4. The molecule has 0 aliphatic heterocycles. The Morgan fingerprint density at radius 3 is 1.77 bits per heavy atom. The number of aliphatic carboxylic acids is 1. The van der Waals surface area contributed by atoms with Gasteiger partial charge in [-0.05, 0) is 70.0 Å². The van der Waals surface area contributed by atoms with Gasteiger partial charge < -0.3 is 44.0 Å². The third-order valence-corrected chi connectivity index (χ3v) is 5.95. The van der Waals surface area contributed by atoms with Gasteiger partial charge in [-0.1, -0.05) is 30.3 Å². The molecule has 0 bridgehead atoms. The van der Waals surface area contributed by atoms with E-state index in [-0.39, 0.29) is 37.7 Å². The Labute approximate surface area is 229 Å². The Bertz CT molecular complexity index is 924. The lowest BCUT2D eigenvalue weighted by molar-refractivity contribution is -0.142. The summed E-state index contributed by atoms with van der Waals surface area (Å²) in [5, 5.41) is 17.6. The number of amides is 3. The molecule has 1 aromatic rings. The van der Waals surface area contributed by atoms with Crippen LogP contribution in [0, 0.1) is 0 Å². The fraction of sp³-hybridized carbons (Fsp3) is 0.577. The Kier molecular flexibility index (Phi) is 16.6.